The Kier molecular flexibility index (Phi) is 5.01. The SMILES string of the molecule is COc1ncc(-c2cnc(Nc3cccc(Cl)c3)nc2S(C)(=O)=O)cn1. The molecule has 0 amide bonds. The quantitative estimate of drug-likeness (QED) is 0.661. The molecule has 0 aliphatic heterocycles. The summed E-state index contributed by atoms with van der Waals surface area (Å²) in [6.45, 7) is 0. The number of nitrogens with zero attached hydrogens (tertiary/aromatic N) is 4. The number of hydrogen-bond donors (Lipinski definition) is 1. The van der Waals surface area contributed by atoms with Crippen molar-refractivity contribution in [1.82, 2.24) is 19.9 Å². The molecule has 0 saturated heterocycles. The molecule has 8 nitrogen and oxygen atoms in total. The average molecular weight is 392 g/mol. The van der Waals surface area contributed by atoms with Crippen LogP contribution in [0.25, 0.3) is 11.1 Å². The lowest BCUT2D eigenvalue weighted by atomic mass is 10.2. The van der Waals surface area contributed by atoms with Gasteiger partial charge in [-0.05, 0) is 18.2 Å². The van der Waals surface area contributed by atoms with Crippen molar-refractivity contribution in [2.75, 3.05) is 18.7 Å². The van der Waals surface area contributed by atoms with Crippen LogP contribution in [0.4, 0.5) is 11.6 Å². The molecule has 3 rings (SSSR count). The van der Waals surface area contributed by atoms with Gasteiger partial charge >= 0.3 is 6.01 Å². The molecule has 134 valence electrons. The highest BCUT2D eigenvalue weighted by molar-refractivity contribution is 7.90. The highest BCUT2D eigenvalue weighted by atomic mass is 35.5. The third kappa shape index (κ3) is 4.06. The fraction of sp³-hybridized carbons (Fsp3) is 0.125. The fourth-order valence-electron chi connectivity index (χ4n) is 2.16. The summed E-state index contributed by atoms with van der Waals surface area (Å²) in [7, 11) is -2.18. The highest BCUT2D eigenvalue weighted by Gasteiger charge is 2.19. The normalized spacial score (nSPS) is 11.2. The Balaban J connectivity index is 2.03. The summed E-state index contributed by atoms with van der Waals surface area (Å²) in [5.41, 5.74) is 1.39. The van der Waals surface area contributed by atoms with Crippen LogP contribution in [0.2, 0.25) is 5.02 Å². The Labute approximate surface area is 155 Å². The number of anilines is 2. The second kappa shape index (κ2) is 7.22. The van der Waals surface area contributed by atoms with Crippen LogP contribution in [-0.4, -0.2) is 41.7 Å². The monoisotopic (exact) mass is 391 g/mol. The van der Waals surface area contributed by atoms with Gasteiger partial charge in [-0.2, -0.15) is 0 Å². The van der Waals surface area contributed by atoms with E-state index >= 15 is 0 Å². The Hall–Kier alpha value is -2.78. The number of ether oxygens (including phenoxy) is 1. The van der Waals surface area contributed by atoms with Crippen molar-refractivity contribution in [1.29, 1.82) is 0 Å². The summed E-state index contributed by atoms with van der Waals surface area (Å²) in [5.74, 6) is 0.130. The largest absolute Gasteiger partial charge is 0.467 e. The molecular weight excluding hydrogens is 378 g/mol. The minimum Gasteiger partial charge on any atom is -0.467 e. The standard InChI is InChI=1S/C16H14ClN5O3S/c1-25-16-19-7-10(8-20-16)13-9-18-15(22-14(13)26(2,23)24)21-12-5-3-4-11(17)6-12/h3-9H,1-2H3,(H,18,21,22). The van der Waals surface area contributed by atoms with Gasteiger partial charge in [0.15, 0.2) is 14.9 Å². The number of hydrogen-bond acceptors (Lipinski definition) is 8. The molecule has 0 saturated carbocycles. The zero-order valence-corrected chi connectivity index (χ0v) is 15.4. The van der Waals surface area contributed by atoms with Crippen molar-refractivity contribution < 1.29 is 13.2 Å². The summed E-state index contributed by atoms with van der Waals surface area (Å²) in [5, 5.41) is 3.33. The second-order valence-electron chi connectivity index (χ2n) is 5.28. The number of sulfone groups is 1. The van der Waals surface area contributed by atoms with E-state index in [9.17, 15) is 8.42 Å². The molecular formula is C16H14ClN5O3S. The van der Waals surface area contributed by atoms with Gasteiger partial charge in [0.1, 0.15) is 0 Å². The second-order valence-corrected chi connectivity index (χ2v) is 7.65. The molecule has 0 atom stereocenters. The molecule has 0 radical (unpaired) electrons. The molecule has 1 aromatic carbocycles. The number of benzene rings is 1. The van der Waals surface area contributed by atoms with Crippen molar-refractivity contribution >= 4 is 33.1 Å². The predicted octanol–water partition coefficient (Wildman–Crippen LogP) is 2.74. The van der Waals surface area contributed by atoms with E-state index in [0.717, 1.165) is 6.26 Å². The number of rotatable bonds is 5. The lowest BCUT2D eigenvalue weighted by molar-refractivity contribution is 0.380. The fourth-order valence-corrected chi connectivity index (χ4v) is 3.18. The topological polar surface area (TPSA) is 107 Å². The first-order valence-corrected chi connectivity index (χ1v) is 9.60. The smallest absolute Gasteiger partial charge is 0.316 e. The summed E-state index contributed by atoms with van der Waals surface area (Å²) in [6, 6.07) is 7.10. The van der Waals surface area contributed by atoms with E-state index in [2.05, 4.69) is 25.3 Å². The van der Waals surface area contributed by atoms with Gasteiger partial charge in [0.05, 0.1) is 7.11 Å². The zero-order valence-electron chi connectivity index (χ0n) is 13.8. The molecule has 10 heteroatoms. The highest BCUT2D eigenvalue weighted by Crippen LogP contribution is 2.27. The van der Waals surface area contributed by atoms with E-state index in [1.54, 1.807) is 24.3 Å². The van der Waals surface area contributed by atoms with E-state index in [4.69, 9.17) is 16.3 Å². The van der Waals surface area contributed by atoms with Gasteiger partial charge in [-0.3, -0.25) is 0 Å². The van der Waals surface area contributed by atoms with Gasteiger partial charge in [-0.15, -0.1) is 0 Å². The van der Waals surface area contributed by atoms with Crippen LogP contribution in [0.1, 0.15) is 0 Å². The Morgan fingerprint density at radius 1 is 1.12 bits per heavy atom. The summed E-state index contributed by atoms with van der Waals surface area (Å²) >= 11 is 5.94. The van der Waals surface area contributed by atoms with Gasteiger partial charge in [0.2, 0.25) is 5.95 Å². The molecule has 2 aromatic heterocycles. The van der Waals surface area contributed by atoms with Crippen LogP contribution in [0.3, 0.4) is 0 Å². The molecule has 1 N–H and O–H groups in total. The van der Waals surface area contributed by atoms with E-state index in [0.29, 0.717) is 21.8 Å². The summed E-state index contributed by atoms with van der Waals surface area (Å²) in [4.78, 5) is 16.3. The van der Waals surface area contributed by atoms with Crippen molar-refractivity contribution in [3.8, 4) is 17.1 Å². The van der Waals surface area contributed by atoms with Crippen LogP contribution in [0.15, 0.2) is 47.9 Å². The molecule has 0 aliphatic carbocycles. The first-order chi connectivity index (χ1) is 12.4. The average Bonchev–Trinajstić information content (AvgIpc) is 2.61. The third-order valence-electron chi connectivity index (χ3n) is 3.31. The number of aromatic nitrogens is 4. The van der Waals surface area contributed by atoms with Gasteiger partial charge < -0.3 is 10.1 Å². The van der Waals surface area contributed by atoms with Crippen molar-refractivity contribution in [3.05, 3.63) is 47.9 Å². The van der Waals surface area contributed by atoms with Crippen molar-refractivity contribution in [2.24, 2.45) is 0 Å². The predicted molar refractivity (Wildman–Crippen MR) is 97.5 cm³/mol. The molecule has 0 aliphatic rings. The van der Waals surface area contributed by atoms with Crippen LogP contribution in [0.5, 0.6) is 6.01 Å². The molecule has 26 heavy (non-hydrogen) atoms. The van der Waals surface area contributed by atoms with Crippen molar-refractivity contribution in [3.63, 3.8) is 0 Å². The maximum atomic E-state index is 12.2. The minimum atomic E-state index is -3.62. The maximum Gasteiger partial charge on any atom is 0.316 e. The molecule has 0 fully saturated rings. The Morgan fingerprint density at radius 3 is 2.46 bits per heavy atom. The maximum absolute atomic E-state index is 12.2. The molecule has 0 bridgehead atoms. The van der Waals surface area contributed by atoms with Crippen LogP contribution in [0, 0.1) is 0 Å². The van der Waals surface area contributed by atoms with Crippen molar-refractivity contribution in [2.45, 2.75) is 5.03 Å². The third-order valence-corrected chi connectivity index (χ3v) is 4.56. The number of halogens is 1. The lowest BCUT2D eigenvalue weighted by Gasteiger charge is -2.10. The van der Waals surface area contributed by atoms with E-state index < -0.39 is 9.84 Å². The molecule has 0 unspecified atom stereocenters. The van der Waals surface area contributed by atoms with Gasteiger partial charge in [0.25, 0.3) is 0 Å². The first-order valence-electron chi connectivity index (χ1n) is 7.33. The van der Waals surface area contributed by atoms with Gasteiger partial charge in [0, 0.05) is 46.7 Å². The first kappa shape index (κ1) is 18.0. The Morgan fingerprint density at radius 2 is 1.85 bits per heavy atom. The van der Waals surface area contributed by atoms with E-state index in [1.807, 2.05) is 0 Å². The Bertz CT molecular complexity index is 1040. The molecule has 3 aromatic rings. The summed E-state index contributed by atoms with van der Waals surface area (Å²) < 4.78 is 29.3. The number of nitrogens with one attached hydrogen (secondary N) is 1. The lowest BCUT2D eigenvalue weighted by Crippen LogP contribution is -2.08. The van der Waals surface area contributed by atoms with Gasteiger partial charge in [-0.1, -0.05) is 17.7 Å². The van der Waals surface area contributed by atoms with E-state index in [1.165, 1.54) is 25.7 Å². The minimum absolute atomic E-state index is 0.130. The van der Waals surface area contributed by atoms with Crippen LogP contribution < -0.4 is 10.1 Å². The van der Waals surface area contributed by atoms with Crippen LogP contribution in [-0.2, 0) is 9.84 Å². The van der Waals surface area contributed by atoms with Gasteiger partial charge in [-0.25, -0.2) is 28.4 Å². The summed E-state index contributed by atoms with van der Waals surface area (Å²) in [6.07, 6.45) is 5.38. The molecule has 2 heterocycles. The molecule has 0 spiro atoms. The van der Waals surface area contributed by atoms with E-state index in [-0.39, 0.29) is 17.0 Å². The number of methoxy groups -OCH3 is 1. The zero-order chi connectivity index (χ0) is 18.7. The van der Waals surface area contributed by atoms with Crippen LogP contribution >= 0.6 is 11.6 Å².